The van der Waals surface area contributed by atoms with Crippen molar-refractivity contribution in [1.82, 2.24) is 10.8 Å². The van der Waals surface area contributed by atoms with Crippen molar-refractivity contribution in [2.45, 2.75) is 0 Å². The highest BCUT2D eigenvalue weighted by atomic mass is 16.5. The first-order valence-corrected chi connectivity index (χ1v) is 6.82. The van der Waals surface area contributed by atoms with Crippen LogP contribution < -0.4 is 16.1 Å². The highest BCUT2D eigenvalue weighted by Gasteiger charge is 2.02. The molecule has 0 aromatic heterocycles. The number of hydrogen-bond acceptors (Lipinski definition) is 3. The molecule has 0 aliphatic heterocycles. The number of para-hydroxylation sites is 1. The van der Waals surface area contributed by atoms with Crippen molar-refractivity contribution in [1.29, 1.82) is 0 Å². The monoisotopic (exact) mass is 309 g/mol. The molecule has 23 heavy (non-hydrogen) atoms. The van der Waals surface area contributed by atoms with E-state index in [0.29, 0.717) is 16.8 Å². The second kappa shape index (κ2) is 8.22. The Morgan fingerprint density at radius 1 is 1.00 bits per heavy atom. The van der Waals surface area contributed by atoms with E-state index in [1.807, 2.05) is 18.2 Å². The molecule has 0 aliphatic rings. The van der Waals surface area contributed by atoms with Gasteiger partial charge in [0.05, 0.1) is 6.54 Å². The minimum absolute atomic E-state index is 0.192. The van der Waals surface area contributed by atoms with Gasteiger partial charge < -0.3 is 10.6 Å². The molecule has 0 saturated carbocycles. The maximum atomic E-state index is 11.6. The first kappa shape index (κ1) is 16.1. The summed E-state index contributed by atoms with van der Waals surface area (Å²) in [4.78, 5) is 22.8. The van der Waals surface area contributed by atoms with E-state index in [1.165, 1.54) is 0 Å². The third kappa shape index (κ3) is 5.19. The van der Waals surface area contributed by atoms with Crippen molar-refractivity contribution in [2.24, 2.45) is 0 Å². The van der Waals surface area contributed by atoms with E-state index >= 15 is 0 Å². The number of benzene rings is 2. The fourth-order valence-electron chi connectivity index (χ4n) is 1.74. The molecule has 0 heterocycles. The summed E-state index contributed by atoms with van der Waals surface area (Å²) >= 11 is 0. The average molecular weight is 309 g/mol. The SMILES string of the molecule is O=C(NCC#Cc1ccc(C(=O)NO)cc1)Nc1ccccc1. The van der Waals surface area contributed by atoms with Crippen molar-refractivity contribution in [3.05, 3.63) is 65.7 Å². The van der Waals surface area contributed by atoms with Crippen molar-refractivity contribution < 1.29 is 14.8 Å². The second-order valence-corrected chi connectivity index (χ2v) is 4.49. The molecule has 2 aromatic rings. The number of rotatable bonds is 3. The van der Waals surface area contributed by atoms with Crippen LogP contribution in [0.1, 0.15) is 15.9 Å². The second-order valence-electron chi connectivity index (χ2n) is 4.49. The predicted octanol–water partition coefficient (Wildman–Crippen LogP) is 1.98. The maximum Gasteiger partial charge on any atom is 0.319 e. The zero-order valence-electron chi connectivity index (χ0n) is 12.2. The predicted molar refractivity (Wildman–Crippen MR) is 86.0 cm³/mol. The number of carbonyl (C=O) groups excluding carboxylic acids is 2. The van der Waals surface area contributed by atoms with Crippen LogP contribution in [0.2, 0.25) is 0 Å². The molecule has 6 heteroatoms. The van der Waals surface area contributed by atoms with E-state index in [2.05, 4.69) is 22.5 Å². The Bertz CT molecular complexity index is 731. The van der Waals surface area contributed by atoms with Crippen LogP contribution in [0.25, 0.3) is 0 Å². The van der Waals surface area contributed by atoms with Gasteiger partial charge in [0, 0.05) is 16.8 Å². The van der Waals surface area contributed by atoms with Crippen LogP contribution in [0.3, 0.4) is 0 Å². The van der Waals surface area contributed by atoms with Gasteiger partial charge in [0.1, 0.15) is 0 Å². The molecule has 2 rings (SSSR count). The number of urea groups is 1. The van der Waals surface area contributed by atoms with Crippen LogP contribution in [0.4, 0.5) is 10.5 Å². The highest BCUT2D eigenvalue weighted by molar-refractivity contribution is 5.93. The minimum atomic E-state index is -0.580. The van der Waals surface area contributed by atoms with Crippen LogP contribution in [-0.4, -0.2) is 23.7 Å². The third-order valence-corrected chi connectivity index (χ3v) is 2.85. The number of amides is 3. The van der Waals surface area contributed by atoms with Crippen LogP contribution in [-0.2, 0) is 0 Å². The van der Waals surface area contributed by atoms with Crippen molar-refractivity contribution >= 4 is 17.6 Å². The van der Waals surface area contributed by atoms with E-state index in [4.69, 9.17) is 5.21 Å². The molecule has 0 fully saturated rings. The van der Waals surface area contributed by atoms with Gasteiger partial charge >= 0.3 is 6.03 Å². The summed E-state index contributed by atoms with van der Waals surface area (Å²) in [7, 11) is 0. The summed E-state index contributed by atoms with van der Waals surface area (Å²) in [5, 5.41) is 13.8. The molecule has 6 nitrogen and oxygen atoms in total. The molecule has 0 unspecified atom stereocenters. The van der Waals surface area contributed by atoms with Gasteiger partial charge in [-0.3, -0.25) is 10.0 Å². The number of carbonyl (C=O) groups is 2. The van der Waals surface area contributed by atoms with Gasteiger partial charge in [-0.05, 0) is 36.4 Å². The topological polar surface area (TPSA) is 90.5 Å². The molecule has 2 aromatic carbocycles. The number of anilines is 1. The van der Waals surface area contributed by atoms with E-state index in [9.17, 15) is 9.59 Å². The lowest BCUT2D eigenvalue weighted by Gasteiger charge is -2.04. The van der Waals surface area contributed by atoms with Gasteiger partial charge in [-0.15, -0.1) is 0 Å². The summed E-state index contributed by atoms with van der Waals surface area (Å²) in [5.74, 6) is 5.09. The van der Waals surface area contributed by atoms with E-state index in [-0.39, 0.29) is 12.6 Å². The fourth-order valence-corrected chi connectivity index (χ4v) is 1.74. The maximum absolute atomic E-state index is 11.6. The Balaban J connectivity index is 1.81. The van der Waals surface area contributed by atoms with Gasteiger partial charge in [0.25, 0.3) is 5.91 Å². The summed E-state index contributed by atoms with van der Waals surface area (Å²) in [5.41, 5.74) is 3.29. The van der Waals surface area contributed by atoms with Crippen LogP contribution in [0.5, 0.6) is 0 Å². The van der Waals surface area contributed by atoms with E-state index in [1.54, 1.807) is 41.9 Å². The van der Waals surface area contributed by atoms with Gasteiger partial charge in [0.2, 0.25) is 0 Å². The molecule has 0 atom stereocenters. The molecule has 0 aliphatic carbocycles. The van der Waals surface area contributed by atoms with Crippen LogP contribution in [0.15, 0.2) is 54.6 Å². The third-order valence-electron chi connectivity index (χ3n) is 2.85. The van der Waals surface area contributed by atoms with Crippen molar-refractivity contribution in [3.8, 4) is 11.8 Å². The standard InChI is InChI=1S/C17H15N3O3/c21-16(20-23)14-10-8-13(9-11-14)5-4-12-18-17(22)19-15-6-2-1-3-7-15/h1-3,6-11,23H,12H2,(H,20,21)(H2,18,19,22). The largest absolute Gasteiger partial charge is 0.327 e. The van der Waals surface area contributed by atoms with Gasteiger partial charge in [-0.1, -0.05) is 30.0 Å². The summed E-state index contributed by atoms with van der Waals surface area (Å²) in [6.45, 7) is 0.192. The Morgan fingerprint density at radius 3 is 2.35 bits per heavy atom. The zero-order chi connectivity index (χ0) is 16.5. The van der Waals surface area contributed by atoms with Crippen molar-refractivity contribution in [3.63, 3.8) is 0 Å². The summed E-state index contributed by atoms with van der Waals surface area (Å²) in [6, 6.07) is 15.2. The van der Waals surface area contributed by atoms with E-state index in [0.717, 1.165) is 0 Å². The molecule has 116 valence electrons. The van der Waals surface area contributed by atoms with Crippen LogP contribution in [0, 0.1) is 11.8 Å². The molecule has 0 saturated heterocycles. The fraction of sp³-hybridized carbons (Fsp3) is 0.0588. The van der Waals surface area contributed by atoms with Crippen LogP contribution >= 0.6 is 0 Å². The average Bonchev–Trinajstić information content (AvgIpc) is 2.59. The molecular formula is C17H15N3O3. The van der Waals surface area contributed by atoms with E-state index < -0.39 is 5.91 Å². The minimum Gasteiger partial charge on any atom is -0.327 e. The normalized spacial score (nSPS) is 9.26. The lowest BCUT2D eigenvalue weighted by molar-refractivity contribution is 0.0706. The van der Waals surface area contributed by atoms with Gasteiger partial charge in [-0.25, -0.2) is 10.3 Å². The molecule has 4 N–H and O–H groups in total. The first-order chi connectivity index (χ1) is 11.2. The molecule has 0 bridgehead atoms. The van der Waals surface area contributed by atoms with Crippen molar-refractivity contribution in [2.75, 3.05) is 11.9 Å². The Hall–Kier alpha value is -3.30. The number of nitrogens with one attached hydrogen (secondary N) is 3. The molecule has 3 amide bonds. The molecule has 0 spiro atoms. The first-order valence-electron chi connectivity index (χ1n) is 6.82. The number of hydroxylamine groups is 1. The summed E-state index contributed by atoms with van der Waals surface area (Å²) in [6.07, 6.45) is 0. The quantitative estimate of drug-likeness (QED) is 0.397. The Kier molecular flexibility index (Phi) is 5.74. The highest BCUT2D eigenvalue weighted by Crippen LogP contribution is 2.04. The van der Waals surface area contributed by atoms with Gasteiger partial charge in [-0.2, -0.15) is 0 Å². The zero-order valence-corrected chi connectivity index (χ0v) is 12.2. The Morgan fingerprint density at radius 2 is 1.70 bits per heavy atom. The number of hydrogen-bond donors (Lipinski definition) is 4. The van der Waals surface area contributed by atoms with Gasteiger partial charge in [0.15, 0.2) is 0 Å². The Labute approximate surface area is 133 Å². The lowest BCUT2D eigenvalue weighted by Crippen LogP contribution is -2.28. The lowest BCUT2D eigenvalue weighted by atomic mass is 10.1. The summed E-state index contributed by atoms with van der Waals surface area (Å²) < 4.78 is 0. The smallest absolute Gasteiger partial charge is 0.319 e. The molecule has 0 radical (unpaired) electrons. The molecular weight excluding hydrogens is 294 g/mol.